The van der Waals surface area contributed by atoms with Gasteiger partial charge in [0.05, 0.1) is 0 Å². The Morgan fingerprint density at radius 3 is 2.42 bits per heavy atom. The summed E-state index contributed by atoms with van der Waals surface area (Å²) < 4.78 is 34.6. The molecule has 0 radical (unpaired) electrons. The first-order valence-corrected chi connectivity index (χ1v) is 3.91. The van der Waals surface area contributed by atoms with Crippen LogP contribution >= 0.6 is 0 Å². The van der Waals surface area contributed by atoms with Crippen LogP contribution in [-0.2, 0) is 4.84 Å². The molecule has 0 amide bonds. The van der Waals surface area contributed by atoms with Crippen molar-refractivity contribution in [3.63, 3.8) is 0 Å². The molecular formula is C7H12F3NO. The summed E-state index contributed by atoms with van der Waals surface area (Å²) in [6, 6.07) is 0.113. The summed E-state index contributed by atoms with van der Waals surface area (Å²) in [5.74, 6) is 0.608. The van der Waals surface area contributed by atoms with Crippen LogP contribution in [0.15, 0.2) is 0 Å². The molecule has 12 heavy (non-hydrogen) atoms. The topological polar surface area (TPSA) is 21.3 Å². The molecule has 2 nitrogen and oxygen atoms in total. The lowest BCUT2D eigenvalue weighted by Crippen LogP contribution is -2.41. The summed E-state index contributed by atoms with van der Waals surface area (Å²) in [4.78, 5) is 4.28. The summed E-state index contributed by atoms with van der Waals surface area (Å²) in [5.41, 5.74) is 2.39. The molecule has 1 saturated carbocycles. The van der Waals surface area contributed by atoms with Gasteiger partial charge in [-0.3, -0.25) is 4.84 Å². The van der Waals surface area contributed by atoms with Crippen LogP contribution in [0, 0.1) is 5.92 Å². The van der Waals surface area contributed by atoms with Crippen molar-refractivity contribution in [3.05, 3.63) is 0 Å². The predicted molar refractivity (Wildman–Crippen MR) is 37.3 cm³/mol. The van der Waals surface area contributed by atoms with Gasteiger partial charge in [0, 0.05) is 6.04 Å². The zero-order valence-electron chi connectivity index (χ0n) is 6.82. The second-order valence-corrected chi connectivity index (χ2v) is 3.30. The minimum Gasteiger partial charge on any atom is -0.292 e. The van der Waals surface area contributed by atoms with Crippen molar-refractivity contribution in [2.75, 3.05) is 6.61 Å². The molecule has 0 saturated heterocycles. The maximum Gasteiger partial charge on any atom is 0.413 e. The van der Waals surface area contributed by atoms with E-state index in [2.05, 4.69) is 17.2 Å². The highest BCUT2D eigenvalue weighted by atomic mass is 19.4. The van der Waals surface area contributed by atoms with Gasteiger partial charge in [0.15, 0.2) is 6.61 Å². The maximum absolute atomic E-state index is 11.5. The molecule has 1 N–H and O–H groups in total. The Morgan fingerprint density at radius 1 is 1.42 bits per heavy atom. The zero-order valence-corrected chi connectivity index (χ0v) is 6.82. The molecule has 0 heterocycles. The van der Waals surface area contributed by atoms with Crippen LogP contribution < -0.4 is 5.48 Å². The van der Waals surface area contributed by atoms with Crippen LogP contribution in [0.3, 0.4) is 0 Å². The zero-order chi connectivity index (χ0) is 9.19. The molecule has 0 unspecified atom stereocenters. The van der Waals surface area contributed by atoms with Gasteiger partial charge < -0.3 is 0 Å². The molecule has 0 aromatic rings. The number of nitrogens with one attached hydrogen (secondary N) is 1. The Bertz CT molecular complexity index is 142. The molecule has 0 aromatic carbocycles. The summed E-state index contributed by atoms with van der Waals surface area (Å²) >= 11 is 0. The largest absolute Gasteiger partial charge is 0.413 e. The number of rotatable bonds is 3. The van der Waals surface area contributed by atoms with E-state index >= 15 is 0 Å². The Labute approximate surface area is 69.0 Å². The summed E-state index contributed by atoms with van der Waals surface area (Å²) in [7, 11) is 0. The van der Waals surface area contributed by atoms with Gasteiger partial charge in [0.1, 0.15) is 0 Å². The molecular weight excluding hydrogens is 171 g/mol. The van der Waals surface area contributed by atoms with Gasteiger partial charge in [0.2, 0.25) is 0 Å². The molecule has 5 heteroatoms. The average molecular weight is 183 g/mol. The Morgan fingerprint density at radius 2 is 2.00 bits per heavy atom. The Hall–Kier alpha value is -0.290. The fourth-order valence-electron chi connectivity index (χ4n) is 1.24. The lowest BCUT2D eigenvalue weighted by atomic mass is 9.82. The highest BCUT2D eigenvalue weighted by molar-refractivity contribution is 4.79. The van der Waals surface area contributed by atoms with Gasteiger partial charge >= 0.3 is 6.18 Å². The second kappa shape index (κ2) is 3.62. The molecule has 1 aliphatic rings. The van der Waals surface area contributed by atoms with Crippen LogP contribution in [-0.4, -0.2) is 18.8 Å². The highest BCUT2D eigenvalue weighted by Crippen LogP contribution is 2.26. The number of hydroxylamine groups is 1. The van der Waals surface area contributed by atoms with E-state index in [4.69, 9.17) is 0 Å². The van der Waals surface area contributed by atoms with E-state index in [1.807, 2.05) is 0 Å². The van der Waals surface area contributed by atoms with E-state index in [1.165, 1.54) is 0 Å². The quantitative estimate of drug-likeness (QED) is 0.674. The van der Waals surface area contributed by atoms with Crippen molar-refractivity contribution < 1.29 is 18.0 Å². The molecule has 1 rings (SSSR count). The number of hydrogen-bond donors (Lipinski definition) is 1. The molecule has 0 spiro atoms. The van der Waals surface area contributed by atoms with E-state index in [9.17, 15) is 13.2 Å². The Balaban J connectivity index is 1.97. The summed E-state index contributed by atoms with van der Waals surface area (Å²) in [6.45, 7) is 0.847. The minimum absolute atomic E-state index is 0.113. The van der Waals surface area contributed by atoms with Crippen LogP contribution in [0.25, 0.3) is 0 Å². The molecule has 0 bridgehead atoms. The first kappa shape index (κ1) is 9.80. The van der Waals surface area contributed by atoms with Gasteiger partial charge in [-0.1, -0.05) is 6.92 Å². The number of hydrogen-bond acceptors (Lipinski definition) is 2. The van der Waals surface area contributed by atoms with Crippen LogP contribution in [0.5, 0.6) is 0 Å². The van der Waals surface area contributed by atoms with Gasteiger partial charge in [-0.15, -0.1) is 0 Å². The standard InChI is InChI=1S/C7H12F3NO/c1-5-2-6(3-5)11-12-4-7(8,9)10/h5-6,11H,2-4H2,1H3. The summed E-state index contributed by atoms with van der Waals surface area (Å²) in [6.07, 6.45) is -2.43. The normalized spacial score (nSPS) is 30.0. The monoisotopic (exact) mass is 183 g/mol. The molecule has 1 fully saturated rings. The molecule has 0 aliphatic heterocycles. The van der Waals surface area contributed by atoms with Crippen molar-refractivity contribution >= 4 is 0 Å². The van der Waals surface area contributed by atoms with E-state index in [0.717, 1.165) is 12.8 Å². The van der Waals surface area contributed by atoms with Crippen molar-refractivity contribution in [1.82, 2.24) is 5.48 Å². The lowest BCUT2D eigenvalue weighted by Gasteiger charge is -2.32. The van der Waals surface area contributed by atoms with Gasteiger partial charge in [0.25, 0.3) is 0 Å². The summed E-state index contributed by atoms with van der Waals surface area (Å²) in [5, 5.41) is 0. The van der Waals surface area contributed by atoms with Crippen LogP contribution in [0.1, 0.15) is 19.8 Å². The number of halogens is 3. The fraction of sp³-hybridized carbons (Fsp3) is 1.00. The maximum atomic E-state index is 11.5. The van der Waals surface area contributed by atoms with Crippen molar-refractivity contribution in [3.8, 4) is 0 Å². The number of alkyl halides is 3. The van der Waals surface area contributed by atoms with Gasteiger partial charge in [-0.2, -0.15) is 18.7 Å². The van der Waals surface area contributed by atoms with E-state index in [1.54, 1.807) is 0 Å². The second-order valence-electron chi connectivity index (χ2n) is 3.30. The van der Waals surface area contributed by atoms with Gasteiger partial charge in [-0.05, 0) is 18.8 Å². The average Bonchev–Trinajstić information content (AvgIpc) is 1.81. The predicted octanol–water partition coefficient (Wildman–Crippen LogP) is 1.87. The smallest absolute Gasteiger partial charge is 0.292 e. The molecule has 0 atom stereocenters. The van der Waals surface area contributed by atoms with Crippen LogP contribution in [0.2, 0.25) is 0 Å². The van der Waals surface area contributed by atoms with E-state index in [-0.39, 0.29) is 6.04 Å². The van der Waals surface area contributed by atoms with Gasteiger partial charge in [-0.25, -0.2) is 0 Å². The third-order valence-electron chi connectivity index (χ3n) is 1.86. The van der Waals surface area contributed by atoms with Crippen molar-refractivity contribution in [1.29, 1.82) is 0 Å². The third-order valence-corrected chi connectivity index (χ3v) is 1.86. The first-order valence-electron chi connectivity index (χ1n) is 3.91. The highest BCUT2D eigenvalue weighted by Gasteiger charge is 2.30. The molecule has 72 valence electrons. The SMILES string of the molecule is CC1CC(NOCC(F)(F)F)C1. The first-order chi connectivity index (χ1) is 5.47. The molecule has 0 aromatic heterocycles. The third kappa shape index (κ3) is 3.40. The van der Waals surface area contributed by atoms with E-state index < -0.39 is 12.8 Å². The minimum atomic E-state index is -4.23. The van der Waals surface area contributed by atoms with Crippen molar-refractivity contribution in [2.45, 2.75) is 32.0 Å². The van der Waals surface area contributed by atoms with Crippen LogP contribution in [0.4, 0.5) is 13.2 Å². The fourth-order valence-corrected chi connectivity index (χ4v) is 1.24. The van der Waals surface area contributed by atoms with Crippen molar-refractivity contribution in [2.24, 2.45) is 5.92 Å². The van der Waals surface area contributed by atoms with E-state index in [0.29, 0.717) is 5.92 Å². The Kier molecular flexibility index (Phi) is 2.95. The molecule has 1 aliphatic carbocycles. The lowest BCUT2D eigenvalue weighted by molar-refractivity contribution is -0.196.